The lowest BCUT2D eigenvalue weighted by atomic mass is 9.63. The van der Waals surface area contributed by atoms with Gasteiger partial charge < -0.3 is 9.47 Å². The van der Waals surface area contributed by atoms with Gasteiger partial charge in [0.05, 0.1) is 21.7 Å². The highest BCUT2D eigenvalue weighted by molar-refractivity contribution is 6.07. The average Bonchev–Trinajstić information content (AvgIpc) is 1.47. The van der Waals surface area contributed by atoms with Gasteiger partial charge in [0.2, 0.25) is 0 Å². The Labute approximate surface area is 640 Å². The Hall–Kier alpha value is -13.7. The maximum atomic E-state index is 7.20. The Bertz CT molecular complexity index is 6690. The first-order valence-electron chi connectivity index (χ1n) is 38.7. The molecule has 0 radical (unpaired) electrons. The molecule has 0 saturated carbocycles. The standard InChI is InChI=1S/C108H70O2/c1-6-31-75(32-7-1)105(76-33-8-2-9-34-76)94-49-24-26-51-100(94)109-102-66-71(55-61-96(102)105)70-54-58-85-86-59-53-69-29-16-17-42-82(69)104(86)108(98(85)64-70)92-48-23-20-43-83(92)88-63-73(56-60-93(88)108)80-45-28-30-72-65-99-89(68-87(72)80)84-44-19-22-47-91(84)107(99,79-39-14-5-15-40-79)90-46-21-18-41-81(90)74-57-62-97-103(67-74)110-101-52-27-25-50-95(101)106(97,77-35-10-3-11-36-77)78-37-12-4-13-38-78/h1-18,20-43,45-68H,19,44H2. The SMILES string of the molecule is C1=CC2=C(CC1)c1cc3c(-c4ccc5c(c4)-c4ccccc4C54c5cc(-c6ccc7c(c6)Oc6ccccc6C7(c6ccccc6)c6ccccc6)ccc5-c5ccc6ccccc6c54)cccc3cc1C2(c1ccccc1)c1ccccc1-c1ccc2c(c1)Oc1ccccc1C2(c1ccccc1)c1ccccc1. The molecular formula is C108H70O2. The third kappa shape index (κ3) is 8.48. The van der Waals surface area contributed by atoms with Crippen molar-refractivity contribution in [2.45, 2.75) is 34.5 Å². The van der Waals surface area contributed by atoms with Crippen molar-refractivity contribution >= 4 is 27.1 Å². The molecule has 17 aromatic carbocycles. The molecule has 4 aliphatic carbocycles. The van der Waals surface area contributed by atoms with Gasteiger partial charge >= 0.3 is 0 Å². The van der Waals surface area contributed by atoms with Crippen LogP contribution in [0.4, 0.5) is 0 Å². The summed E-state index contributed by atoms with van der Waals surface area (Å²) in [5, 5.41) is 4.96. The topological polar surface area (TPSA) is 18.5 Å². The fraction of sp³-hybridized carbons (Fsp3) is 0.0556. The quantitative estimate of drug-likeness (QED) is 0.143. The second-order valence-electron chi connectivity index (χ2n) is 30.5. The van der Waals surface area contributed by atoms with E-state index in [1.54, 1.807) is 0 Å². The molecule has 2 heterocycles. The lowest BCUT2D eigenvalue weighted by molar-refractivity contribution is 0.434. The molecule has 2 unspecified atom stereocenters. The summed E-state index contributed by atoms with van der Waals surface area (Å²) in [6.45, 7) is 0. The molecule has 23 rings (SSSR count). The van der Waals surface area contributed by atoms with E-state index in [4.69, 9.17) is 9.47 Å². The van der Waals surface area contributed by atoms with Crippen LogP contribution < -0.4 is 9.47 Å². The van der Waals surface area contributed by atoms with Crippen LogP contribution in [0, 0.1) is 0 Å². The second-order valence-corrected chi connectivity index (χ2v) is 30.5. The third-order valence-electron chi connectivity index (χ3n) is 25.5. The third-order valence-corrected chi connectivity index (χ3v) is 25.5. The molecule has 110 heavy (non-hydrogen) atoms. The maximum absolute atomic E-state index is 7.20. The number of rotatable bonds is 9. The molecule has 0 N–H and O–H groups in total. The first-order chi connectivity index (χ1) is 54.5. The van der Waals surface area contributed by atoms with Crippen molar-refractivity contribution in [3.8, 4) is 78.6 Å². The Kier molecular flexibility index (Phi) is 13.6. The lowest BCUT2D eigenvalue weighted by Gasteiger charge is -2.41. The predicted octanol–water partition coefficient (Wildman–Crippen LogP) is 26.8. The number of hydrogen-bond acceptors (Lipinski definition) is 2. The van der Waals surface area contributed by atoms with E-state index in [-0.39, 0.29) is 0 Å². The van der Waals surface area contributed by atoms with Crippen molar-refractivity contribution in [1.82, 2.24) is 0 Å². The predicted molar refractivity (Wildman–Crippen MR) is 449 cm³/mol. The first kappa shape index (κ1) is 62.5. The van der Waals surface area contributed by atoms with Crippen molar-refractivity contribution < 1.29 is 9.47 Å². The fourth-order valence-corrected chi connectivity index (χ4v) is 21.2. The van der Waals surface area contributed by atoms with Crippen molar-refractivity contribution in [3.63, 3.8) is 0 Å². The molecular weight excluding hydrogens is 1330 g/mol. The highest BCUT2D eigenvalue weighted by Gasteiger charge is 2.55. The fourth-order valence-electron chi connectivity index (χ4n) is 21.2. The molecule has 0 aromatic heterocycles. The van der Waals surface area contributed by atoms with Crippen LogP contribution in [-0.4, -0.2) is 0 Å². The van der Waals surface area contributed by atoms with E-state index in [2.05, 4.69) is 400 Å². The van der Waals surface area contributed by atoms with Crippen LogP contribution in [0.15, 0.2) is 406 Å². The van der Waals surface area contributed by atoms with Crippen LogP contribution >= 0.6 is 0 Å². The summed E-state index contributed by atoms with van der Waals surface area (Å²) in [7, 11) is 0. The Morgan fingerprint density at radius 2 is 0.645 bits per heavy atom. The second kappa shape index (κ2) is 23.9. The van der Waals surface area contributed by atoms with Crippen molar-refractivity contribution in [2.24, 2.45) is 0 Å². The van der Waals surface area contributed by atoms with Gasteiger partial charge in [0.15, 0.2) is 0 Å². The van der Waals surface area contributed by atoms with Crippen molar-refractivity contribution in [3.05, 3.63) is 495 Å². The van der Waals surface area contributed by atoms with Gasteiger partial charge in [-0.05, 0) is 216 Å². The molecule has 514 valence electrons. The molecule has 0 saturated heterocycles. The van der Waals surface area contributed by atoms with Gasteiger partial charge in [0.1, 0.15) is 23.0 Å². The molecule has 0 amide bonds. The normalized spacial score (nSPS) is 17.1. The number of benzene rings is 17. The molecule has 6 aliphatic rings. The van der Waals surface area contributed by atoms with E-state index in [1.807, 2.05) is 0 Å². The molecule has 2 aliphatic heterocycles. The van der Waals surface area contributed by atoms with Gasteiger partial charge in [-0.15, -0.1) is 0 Å². The molecule has 0 fully saturated rings. The van der Waals surface area contributed by atoms with E-state index in [9.17, 15) is 0 Å². The van der Waals surface area contributed by atoms with Gasteiger partial charge in [-0.1, -0.05) is 352 Å². The molecule has 2 nitrogen and oxygen atoms in total. The number of fused-ring (bicyclic) bond motifs is 19. The van der Waals surface area contributed by atoms with Gasteiger partial charge in [-0.2, -0.15) is 0 Å². The van der Waals surface area contributed by atoms with Gasteiger partial charge in [0.25, 0.3) is 0 Å². The summed E-state index contributed by atoms with van der Waals surface area (Å²) in [6.07, 6.45) is 6.79. The van der Waals surface area contributed by atoms with Crippen LogP contribution in [0.25, 0.3) is 82.8 Å². The van der Waals surface area contributed by atoms with E-state index < -0.39 is 21.7 Å². The van der Waals surface area contributed by atoms with Crippen LogP contribution in [-0.2, 0) is 21.7 Å². The van der Waals surface area contributed by atoms with Crippen LogP contribution in [0.2, 0.25) is 0 Å². The summed E-state index contributed by atoms with van der Waals surface area (Å²) in [6, 6.07) is 146. The van der Waals surface area contributed by atoms with E-state index in [1.165, 1.54) is 138 Å². The van der Waals surface area contributed by atoms with E-state index >= 15 is 0 Å². The van der Waals surface area contributed by atoms with E-state index in [0.29, 0.717) is 0 Å². The largest absolute Gasteiger partial charge is 0.457 e. The number of allylic oxidation sites excluding steroid dienone is 4. The minimum absolute atomic E-state index is 0.619. The minimum atomic E-state index is -0.676. The maximum Gasteiger partial charge on any atom is 0.132 e. The summed E-state index contributed by atoms with van der Waals surface area (Å²) < 4.78 is 14.3. The number of ether oxygens (including phenoxy) is 2. The van der Waals surface area contributed by atoms with Crippen molar-refractivity contribution in [2.75, 3.05) is 0 Å². The lowest BCUT2D eigenvalue weighted by Crippen LogP contribution is -2.34. The summed E-state index contributed by atoms with van der Waals surface area (Å²) in [4.78, 5) is 0. The monoisotopic (exact) mass is 1400 g/mol. The number of para-hydroxylation sites is 2. The molecule has 0 bridgehead atoms. The highest BCUT2D eigenvalue weighted by atomic mass is 16.5. The molecule has 1 spiro atoms. The van der Waals surface area contributed by atoms with Crippen LogP contribution in [0.5, 0.6) is 23.0 Å². The zero-order chi connectivity index (χ0) is 72.3. The Morgan fingerprint density at radius 1 is 0.218 bits per heavy atom. The molecule has 2 heteroatoms. The van der Waals surface area contributed by atoms with E-state index in [0.717, 1.165) is 74.8 Å². The highest BCUT2D eigenvalue weighted by Crippen LogP contribution is 2.67. The number of hydrogen-bond donors (Lipinski definition) is 0. The molecule has 2 atom stereocenters. The van der Waals surface area contributed by atoms with Gasteiger partial charge in [0, 0.05) is 22.3 Å². The van der Waals surface area contributed by atoms with Crippen molar-refractivity contribution in [1.29, 1.82) is 0 Å². The minimum Gasteiger partial charge on any atom is -0.457 e. The van der Waals surface area contributed by atoms with Crippen LogP contribution in [0.1, 0.15) is 102 Å². The Morgan fingerprint density at radius 3 is 1.27 bits per heavy atom. The van der Waals surface area contributed by atoms with Gasteiger partial charge in [-0.3, -0.25) is 0 Å². The summed E-state index contributed by atoms with van der Waals surface area (Å²) in [5.74, 6) is 3.43. The zero-order valence-corrected chi connectivity index (χ0v) is 60.3. The Balaban J connectivity index is 0.686. The van der Waals surface area contributed by atoms with Crippen LogP contribution in [0.3, 0.4) is 0 Å². The summed E-state index contributed by atoms with van der Waals surface area (Å²) in [5.41, 5.74) is 31.8. The first-order valence-corrected chi connectivity index (χ1v) is 38.7. The van der Waals surface area contributed by atoms with Gasteiger partial charge in [-0.25, -0.2) is 0 Å². The zero-order valence-electron chi connectivity index (χ0n) is 60.3. The summed E-state index contributed by atoms with van der Waals surface area (Å²) >= 11 is 0. The average molecular weight is 1400 g/mol. The molecule has 17 aromatic rings. The smallest absolute Gasteiger partial charge is 0.132 e.